The Hall–Kier alpha value is -2.08. The number of nitrogens with one attached hydrogen (secondary N) is 1. The van der Waals surface area contributed by atoms with Gasteiger partial charge in [-0.05, 0) is 25.3 Å². The smallest absolute Gasteiger partial charge is 0.345 e. The van der Waals surface area contributed by atoms with Crippen LogP contribution in [-0.2, 0) is 16.2 Å². The van der Waals surface area contributed by atoms with Gasteiger partial charge in [-0.2, -0.15) is 5.06 Å². The molecule has 6 nitrogen and oxygen atoms in total. The van der Waals surface area contributed by atoms with Crippen LogP contribution in [0, 0.1) is 0 Å². The third-order valence-corrected chi connectivity index (χ3v) is 4.19. The van der Waals surface area contributed by atoms with E-state index in [0.29, 0.717) is 26.1 Å². The van der Waals surface area contributed by atoms with Crippen molar-refractivity contribution >= 4 is 11.9 Å². The van der Waals surface area contributed by atoms with Crippen molar-refractivity contribution < 1.29 is 14.4 Å². The van der Waals surface area contributed by atoms with Crippen LogP contribution in [0.5, 0.6) is 0 Å². The quantitative estimate of drug-likeness (QED) is 0.897. The van der Waals surface area contributed by atoms with Crippen molar-refractivity contribution in [2.24, 2.45) is 0 Å². The molecule has 2 bridgehead atoms. The Labute approximate surface area is 130 Å². The van der Waals surface area contributed by atoms with Crippen LogP contribution in [0.1, 0.15) is 25.3 Å². The van der Waals surface area contributed by atoms with E-state index in [2.05, 4.69) is 5.32 Å². The van der Waals surface area contributed by atoms with Crippen molar-refractivity contribution in [1.29, 1.82) is 0 Å². The lowest BCUT2D eigenvalue weighted by atomic mass is 10.0. The van der Waals surface area contributed by atoms with Crippen LogP contribution in [0.3, 0.4) is 0 Å². The minimum Gasteiger partial charge on any atom is -0.355 e. The predicted molar refractivity (Wildman–Crippen MR) is 80.7 cm³/mol. The van der Waals surface area contributed by atoms with Gasteiger partial charge >= 0.3 is 6.03 Å². The van der Waals surface area contributed by atoms with E-state index in [1.165, 1.54) is 5.06 Å². The standard InChI is InChI=1S/C16H21N3O3/c1-2-17-15(20)14-9-8-13-10-18(14)16(21)19(13)22-11-12-6-4-3-5-7-12/h3-7,13-14H,2,8-11H2,1H3,(H,17,20)/t13?,14-/m0/s1. The van der Waals surface area contributed by atoms with Gasteiger partial charge < -0.3 is 10.2 Å². The maximum atomic E-state index is 12.5. The number of benzene rings is 1. The fourth-order valence-electron chi connectivity index (χ4n) is 3.08. The normalized spacial score (nSPS) is 23.8. The first-order valence-electron chi connectivity index (χ1n) is 7.75. The number of hydrogen-bond donors (Lipinski definition) is 1. The fraction of sp³-hybridized carbons (Fsp3) is 0.500. The number of piperidine rings is 1. The van der Waals surface area contributed by atoms with Gasteiger partial charge in [-0.1, -0.05) is 30.3 Å². The highest BCUT2D eigenvalue weighted by Gasteiger charge is 2.47. The number of rotatable bonds is 5. The van der Waals surface area contributed by atoms with Gasteiger partial charge in [0, 0.05) is 13.1 Å². The molecule has 2 heterocycles. The molecule has 1 aromatic rings. The largest absolute Gasteiger partial charge is 0.355 e. The zero-order valence-corrected chi connectivity index (χ0v) is 12.7. The fourth-order valence-corrected chi connectivity index (χ4v) is 3.08. The van der Waals surface area contributed by atoms with Crippen molar-refractivity contribution in [3.8, 4) is 0 Å². The third kappa shape index (κ3) is 2.78. The van der Waals surface area contributed by atoms with Crippen molar-refractivity contribution in [2.75, 3.05) is 13.1 Å². The van der Waals surface area contributed by atoms with Gasteiger partial charge in [0.05, 0.1) is 6.04 Å². The second kappa shape index (κ2) is 6.36. The first-order valence-corrected chi connectivity index (χ1v) is 7.75. The van der Waals surface area contributed by atoms with Crippen LogP contribution < -0.4 is 5.32 Å². The zero-order valence-electron chi connectivity index (χ0n) is 12.7. The number of carbonyl (C=O) groups is 2. The molecule has 0 radical (unpaired) electrons. The van der Waals surface area contributed by atoms with Gasteiger partial charge in [-0.25, -0.2) is 4.79 Å². The third-order valence-electron chi connectivity index (χ3n) is 4.19. The summed E-state index contributed by atoms with van der Waals surface area (Å²) in [7, 11) is 0. The van der Waals surface area contributed by atoms with Crippen LogP contribution in [-0.4, -0.2) is 47.1 Å². The first-order chi connectivity index (χ1) is 10.7. The number of fused-ring (bicyclic) bond motifs is 2. The van der Waals surface area contributed by atoms with E-state index in [-0.39, 0.29) is 24.0 Å². The molecule has 22 heavy (non-hydrogen) atoms. The summed E-state index contributed by atoms with van der Waals surface area (Å²) in [6.07, 6.45) is 1.48. The molecule has 118 valence electrons. The SMILES string of the molecule is CCNC(=O)[C@@H]1CCC2CN1C(=O)N2OCc1ccccc1. The molecule has 2 aliphatic rings. The van der Waals surface area contributed by atoms with Gasteiger partial charge in [0.15, 0.2) is 0 Å². The lowest BCUT2D eigenvalue weighted by molar-refractivity contribution is -0.140. The molecule has 1 aromatic carbocycles. The summed E-state index contributed by atoms with van der Waals surface area (Å²) in [5, 5.41) is 4.25. The maximum Gasteiger partial charge on any atom is 0.345 e. The summed E-state index contributed by atoms with van der Waals surface area (Å²) < 4.78 is 0. The summed E-state index contributed by atoms with van der Waals surface area (Å²) in [5.41, 5.74) is 1.02. The van der Waals surface area contributed by atoms with Gasteiger partial charge in [-0.3, -0.25) is 9.63 Å². The number of hydrogen-bond acceptors (Lipinski definition) is 3. The summed E-state index contributed by atoms with van der Waals surface area (Å²) >= 11 is 0. The minimum absolute atomic E-state index is 0.0434. The second-order valence-corrected chi connectivity index (χ2v) is 5.66. The van der Waals surface area contributed by atoms with E-state index in [0.717, 1.165) is 12.0 Å². The summed E-state index contributed by atoms with van der Waals surface area (Å²) in [4.78, 5) is 31.9. The molecule has 6 heteroatoms. The summed E-state index contributed by atoms with van der Waals surface area (Å²) in [5.74, 6) is -0.0702. The molecule has 2 aliphatic heterocycles. The van der Waals surface area contributed by atoms with Crippen molar-refractivity contribution in [3.63, 3.8) is 0 Å². The summed E-state index contributed by atoms with van der Waals surface area (Å²) in [6, 6.07) is 9.23. The van der Waals surface area contributed by atoms with Gasteiger partial charge in [0.2, 0.25) is 5.91 Å². The average molecular weight is 303 g/mol. The number of urea groups is 1. The molecule has 3 amide bonds. The van der Waals surface area contributed by atoms with E-state index in [1.807, 2.05) is 37.3 Å². The molecular weight excluding hydrogens is 282 g/mol. The number of likely N-dealkylation sites (N-methyl/N-ethyl adjacent to an activating group) is 1. The second-order valence-electron chi connectivity index (χ2n) is 5.66. The van der Waals surface area contributed by atoms with Crippen LogP contribution in [0.15, 0.2) is 30.3 Å². The van der Waals surface area contributed by atoms with E-state index >= 15 is 0 Å². The number of carbonyl (C=O) groups excluding carboxylic acids is 2. The Kier molecular flexibility index (Phi) is 4.29. The first kappa shape index (κ1) is 14.8. The molecular formula is C16H21N3O3. The average Bonchev–Trinajstić information content (AvgIpc) is 2.78. The summed E-state index contributed by atoms with van der Waals surface area (Å²) in [6.45, 7) is 3.39. The molecule has 2 fully saturated rings. The van der Waals surface area contributed by atoms with Crippen LogP contribution in [0.25, 0.3) is 0 Å². The van der Waals surface area contributed by atoms with Gasteiger partial charge in [0.1, 0.15) is 12.6 Å². The van der Waals surface area contributed by atoms with E-state index in [9.17, 15) is 9.59 Å². The zero-order chi connectivity index (χ0) is 15.5. The highest BCUT2D eigenvalue weighted by Crippen LogP contribution is 2.30. The number of hydroxylamine groups is 2. The molecule has 2 saturated heterocycles. The van der Waals surface area contributed by atoms with Crippen LogP contribution >= 0.6 is 0 Å². The van der Waals surface area contributed by atoms with Crippen molar-refractivity contribution in [3.05, 3.63) is 35.9 Å². The molecule has 1 unspecified atom stereocenters. The Balaban J connectivity index is 1.64. The van der Waals surface area contributed by atoms with Crippen LogP contribution in [0.4, 0.5) is 4.79 Å². The Bertz CT molecular complexity index is 549. The lowest BCUT2D eigenvalue weighted by Gasteiger charge is -2.29. The van der Waals surface area contributed by atoms with E-state index < -0.39 is 0 Å². The topological polar surface area (TPSA) is 61.9 Å². The molecule has 1 N–H and O–H groups in total. The molecule has 3 rings (SSSR count). The van der Waals surface area contributed by atoms with Crippen LogP contribution in [0.2, 0.25) is 0 Å². The van der Waals surface area contributed by atoms with E-state index in [1.54, 1.807) is 4.90 Å². The number of amides is 3. The van der Waals surface area contributed by atoms with Gasteiger partial charge in [0.25, 0.3) is 0 Å². The Morgan fingerprint density at radius 1 is 1.32 bits per heavy atom. The molecule has 0 aliphatic carbocycles. The molecule has 0 spiro atoms. The Morgan fingerprint density at radius 3 is 2.82 bits per heavy atom. The monoisotopic (exact) mass is 303 g/mol. The van der Waals surface area contributed by atoms with E-state index in [4.69, 9.17) is 4.84 Å². The highest BCUT2D eigenvalue weighted by molar-refractivity contribution is 5.88. The molecule has 0 aromatic heterocycles. The Morgan fingerprint density at radius 2 is 2.09 bits per heavy atom. The molecule has 0 saturated carbocycles. The lowest BCUT2D eigenvalue weighted by Crippen LogP contribution is -2.49. The maximum absolute atomic E-state index is 12.5. The predicted octanol–water partition coefficient (Wildman–Crippen LogP) is 1.52. The van der Waals surface area contributed by atoms with Crippen molar-refractivity contribution in [2.45, 2.75) is 38.5 Å². The number of nitrogens with zero attached hydrogens (tertiary/aromatic N) is 2. The molecule has 2 atom stereocenters. The van der Waals surface area contributed by atoms with Gasteiger partial charge in [-0.15, -0.1) is 0 Å². The van der Waals surface area contributed by atoms with Crippen molar-refractivity contribution in [1.82, 2.24) is 15.3 Å². The highest BCUT2D eigenvalue weighted by atomic mass is 16.7. The minimum atomic E-state index is -0.367.